The summed E-state index contributed by atoms with van der Waals surface area (Å²) in [4.78, 5) is 40.2. The minimum atomic E-state index is -0.389. The normalized spacial score (nSPS) is 22.5. The maximum atomic E-state index is 13.2. The van der Waals surface area contributed by atoms with Crippen LogP contribution in [0, 0.1) is 11.7 Å². The van der Waals surface area contributed by atoms with Gasteiger partial charge in [0.1, 0.15) is 5.82 Å². The van der Waals surface area contributed by atoms with Gasteiger partial charge in [0.2, 0.25) is 11.8 Å². The second kappa shape index (κ2) is 11.8. The summed E-state index contributed by atoms with van der Waals surface area (Å²) in [5.74, 6) is -1.08. The summed E-state index contributed by atoms with van der Waals surface area (Å²) >= 11 is 0. The number of carbonyl (C=O) groups is 3. The zero-order valence-electron chi connectivity index (χ0n) is 19.8. The van der Waals surface area contributed by atoms with E-state index >= 15 is 0 Å². The first kappa shape index (κ1) is 24.6. The molecule has 35 heavy (non-hydrogen) atoms. The third-order valence-corrected chi connectivity index (χ3v) is 6.84. The molecule has 1 aliphatic carbocycles. The van der Waals surface area contributed by atoms with Crippen LogP contribution in [0.25, 0.3) is 6.08 Å². The number of hydrogen-bond acceptors (Lipinski definition) is 3. The molecule has 3 amide bonds. The van der Waals surface area contributed by atoms with E-state index in [0.717, 1.165) is 44.1 Å². The highest BCUT2D eigenvalue weighted by molar-refractivity contribution is 5.94. The molecule has 7 heteroatoms. The quantitative estimate of drug-likeness (QED) is 0.619. The van der Waals surface area contributed by atoms with Gasteiger partial charge >= 0.3 is 0 Å². The Hall–Kier alpha value is -3.48. The average Bonchev–Trinajstić information content (AvgIpc) is 2.89. The van der Waals surface area contributed by atoms with Crippen LogP contribution in [0.3, 0.4) is 0 Å². The fraction of sp³-hybridized carbons (Fsp3) is 0.393. The Morgan fingerprint density at radius 2 is 1.54 bits per heavy atom. The van der Waals surface area contributed by atoms with Crippen molar-refractivity contribution in [1.29, 1.82) is 0 Å². The predicted octanol–water partition coefficient (Wildman–Crippen LogP) is 3.93. The molecule has 3 atom stereocenters. The third kappa shape index (κ3) is 6.78. The summed E-state index contributed by atoms with van der Waals surface area (Å²) in [6.07, 6.45) is 8.39. The van der Waals surface area contributed by atoms with Gasteiger partial charge in [-0.25, -0.2) is 4.39 Å². The largest absolute Gasteiger partial charge is 0.351 e. The fourth-order valence-corrected chi connectivity index (χ4v) is 4.86. The third-order valence-electron chi connectivity index (χ3n) is 6.84. The smallest absolute Gasteiger partial charge is 0.251 e. The Bertz CT molecular complexity index is 1050. The van der Waals surface area contributed by atoms with Gasteiger partial charge < -0.3 is 15.5 Å². The predicted molar refractivity (Wildman–Crippen MR) is 133 cm³/mol. The van der Waals surface area contributed by atoms with Gasteiger partial charge in [0.25, 0.3) is 5.91 Å². The number of amides is 3. The Balaban J connectivity index is 1.33. The summed E-state index contributed by atoms with van der Waals surface area (Å²) in [7, 11) is 0. The molecule has 2 N–H and O–H groups in total. The zero-order valence-corrected chi connectivity index (χ0v) is 19.8. The van der Waals surface area contributed by atoms with E-state index in [-0.39, 0.29) is 41.5 Å². The van der Waals surface area contributed by atoms with Gasteiger partial charge in [-0.1, -0.05) is 43.2 Å². The molecule has 2 unspecified atom stereocenters. The molecule has 0 aromatic heterocycles. The number of nitrogens with zero attached hydrogens (tertiary/aromatic N) is 1. The molecule has 2 aliphatic rings. The lowest BCUT2D eigenvalue weighted by Gasteiger charge is -2.36. The van der Waals surface area contributed by atoms with E-state index < -0.39 is 0 Å². The van der Waals surface area contributed by atoms with Crippen molar-refractivity contribution in [3.8, 4) is 0 Å². The maximum absolute atomic E-state index is 13.2. The summed E-state index contributed by atoms with van der Waals surface area (Å²) < 4.78 is 13.2. The van der Waals surface area contributed by atoms with Crippen LogP contribution in [0.15, 0.2) is 60.7 Å². The molecule has 1 saturated heterocycles. The Morgan fingerprint density at radius 3 is 2.26 bits per heavy atom. The van der Waals surface area contributed by atoms with Crippen molar-refractivity contribution in [2.24, 2.45) is 5.92 Å². The standard InChI is InChI=1S/C28H32FN3O3/c29-23-15-13-21(14-16-23)27(34)30-24-10-4-5-11-25(24)31-28(35)22-9-6-18-32(19-22)26(33)17-12-20-7-2-1-3-8-20/h1-3,7-8,12-17,22,24-25H,4-6,9-11,18-19H2,(H,30,34)(H,31,35)/b17-12+/t22?,24-,25?/m1/s1. The number of benzene rings is 2. The summed E-state index contributed by atoms with van der Waals surface area (Å²) in [6, 6.07) is 14.8. The highest BCUT2D eigenvalue weighted by Gasteiger charge is 2.32. The fourth-order valence-electron chi connectivity index (χ4n) is 4.86. The molecule has 0 bridgehead atoms. The number of piperidine rings is 1. The Morgan fingerprint density at radius 1 is 0.857 bits per heavy atom. The van der Waals surface area contributed by atoms with E-state index in [2.05, 4.69) is 10.6 Å². The van der Waals surface area contributed by atoms with Gasteiger partial charge in [-0.05, 0) is 61.6 Å². The van der Waals surface area contributed by atoms with Crippen molar-refractivity contribution in [2.45, 2.75) is 50.6 Å². The van der Waals surface area contributed by atoms with Crippen LogP contribution in [-0.2, 0) is 9.59 Å². The number of halogens is 1. The monoisotopic (exact) mass is 477 g/mol. The van der Waals surface area contributed by atoms with Crippen molar-refractivity contribution < 1.29 is 18.8 Å². The van der Waals surface area contributed by atoms with Crippen LogP contribution in [0.2, 0.25) is 0 Å². The van der Waals surface area contributed by atoms with E-state index in [4.69, 9.17) is 0 Å². The SMILES string of the molecule is O=C(N[C@@H]1CCCCC1NC(=O)C1CCCN(C(=O)/C=C/c2ccccc2)C1)c1ccc(F)cc1. The molecule has 2 aromatic rings. The number of nitrogens with one attached hydrogen (secondary N) is 2. The average molecular weight is 478 g/mol. The van der Waals surface area contributed by atoms with Crippen LogP contribution in [0.1, 0.15) is 54.4 Å². The van der Waals surface area contributed by atoms with Gasteiger partial charge in [0.15, 0.2) is 0 Å². The molecule has 0 spiro atoms. The summed E-state index contributed by atoms with van der Waals surface area (Å²) in [6.45, 7) is 1.03. The number of carbonyl (C=O) groups excluding carboxylic acids is 3. The second-order valence-corrected chi connectivity index (χ2v) is 9.35. The van der Waals surface area contributed by atoms with Crippen LogP contribution in [-0.4, -0.2) is 47.8 Å². The first-order valence-corrected chi connectivity index (χ1v) is 12.4. The van der Waals surface area contributed by atoms with Crippen molar-refractivity contribution in [1.82, 2.24) is 15.5 Å². The van der Waals surface area contributed by atoms with Crippen molar-refractivity contribution in [3.05, 3.63) is 77.6 Å². The van der Waals surface area contributed by atoms with E-state index in [9.17, 15) is 18.8 Å². The summed E-state index contributed by atoms with van der Waals surface area (Å²) in [5, 5.41) is 6.17. The van der Waals surface area contributed by atoms with Gasteiger partial charge in [0.05, 0.1) is 5.92 Å². The molecule has 2 fully saturated rings. The number of hydrogen-bond donors (Lipinski definition) is 2. The molecule has 4 rings (SSSR count). The highest BCUT2D eigenvalue weighted by atomic mass is 19.1. The lowest BCUT2D eigenvalue weighted by Crippen LogP contribution is -2.55. The van der Waals surface area contributed by atoms with Crippen molar-refractivity contribution in [2.75, 3.05) is 13.1 Å². The first-order valence-electron chi connectivity index (χ1n) is 12.4. The molecule has 2 aromatic carbocycles. The van der Waals surface area contributed by atoms with Crippen LogP contribution < -0.4 is 10.6 Å². The molecule has 1 saturated carbocycles. The van der Waals surface area contributed by atoms with E-state index in [0.29, 0.717) is 18.7 Å². The number of rotatable bonds is 6. The van der Waals surface area contributed by atoms with Crippen LogP contribution in [0.4, 0.5) is 4.39 Å². The van der Waals surface area contributed by atoms with Gasteiger partial charge in [0, 0.05) is 36.8 Å². The molecule has 6 nitrogen and oxygen atoms in total. The lowest BCUT2D eigenvalue weighted by atomic mass is 9.88. The molecular formula is C28H32FN3O3. The van der Waals surface area contributed by atoms with E-state index in [1.165, 1.54) is 24.3 Å². The maximum Gasteiger partial charge on any atom is 0.251 e. The zero-order chi connectivity index (χ0) is 24.6. The molecule has 184 valence electrons. The Kier molecular flexibility index (Phi) is 8.29. The van der Waals surface area contributed by atoms with Gasteiger partial charge in [-0.3, -0.25) is 14.4 Å². The lowest BCUT2D eigenvalue weighted by molar-refractivity contribution is -0.132. The van der Waals surface area contributed by atoms with Crippen molar-refractivity contribution >= 4 is 23.8 Å². The first-order chi connectivity index (χ1) is 17.0. The molecular weight excluding hydrogens is 445 g/mol. The van der Waals surface area contributed by atoms with Crippen LogP contribution in [0.5, 0.6) is 0 Å². The Labute approximate surface area is 205 Å². The molecule has 0 radical (unpaired) electrons. The topological polar surface area (TPSA) is 78.5 Å². The van der Waals surface area contributed by atoms with E-state index in [1.807, 2.05) is 30.3 Å². The minimum Gasteiger partial charge on any atom is -0.351 e. The van der Waals surface area contributed by atoms with Gasteiger partial charge in [-0.15, -0.1) is 0 Å². The number of likely N-dealkylation sites (tertiary alicyclic amines) is 1. The van der Waals surface area contributed by atoms with E-state index in [1.54, 1.807) is 17.1 Å². The van der Waals surface area contributed by atoms with Crippen LogP contribution >= 0.6 is 0 Å². The minimum absolute atomic E-state index is 0.0672. The molecule has 1 aliphatic heterocycles. The molecule has 1 heterocycles. The second-order valence-electron chi connectivity index (χ2n) is 9.35. The van der Waals surface area contributed by atoms with Gasteiger partial charge in [-0.2, -0.15) is 0 Å². The highest BCUT2D eigenvalue weighted by Crippen LogP contribution is 2.22. The summed E-state index contributed by atoms with van der Waals surface area (Å²) in [5.41, 5.74) is 1.35. The van der Waals surface area contributed by atoms with Crippen molar-refractivity contribution in [3.63, 3.8) is 0 Å².